The van der Waals surface area contributed by atoms with Gasteiger partial charge < -0.3 is 18.9 Å². The van der Waals surface area contributed by atoms with Gasteiger partial charge in [0.2, 0.25) is 0 Å². The number of esters is 2. The van der Waals surface area contributed by atoms with E-state index in [1.807, 2.05) is 24.3 Å². The lowest BCUT2D eigenvalue weighted by Gasteiger charge is -2.33. The predicted octanol–water partition coefficient (Wildman–Crippen LogP) is 10.9. The van der Waals surface area contributed by atoms with Gasteiger partial charge >= 0.3 is 29.0 Å². The maximum absolute atomic E-state index is 12.6. The van der Waals surface area contributed by atoms with Crippen molar-refractivity contribution in [2.45, 2.75) is 65.8 Å². The Labute approximate surface area is 450 Å². The molecule has 4 unspecified atom stereocenters. The molecule has 0 spiro atoms. The minimum absolute atomic E-state index is 0.0478. The summed E-state index contributed by atoms with van der Waals surface area (Å²) in [6.07, 6.45) is 15.8. The average Bonchev–Trinajstić information content (AvgIpc) is 3.56. The summed E-state index contributed by atoms with van der Waals surface area (Å²) in [5, 5.41) is -0.437. The SMILES string of the molecule is C=CCOC(=O)C1C(C(=O)OCC=C)C2(Cl)C(Cl)=C(Cl)C1(Cl)C2(Cl)Cl.C=CCOc1ccc(C(C)(C)c2ccc(OCC=C)c(CC=C)c2)cc1CC=C.C=CCn1c(=O)n(CC=C)c(=O)n(CC=C)c1=O. The number of halogens is 6. The van der Waals surface area contributed by atoms with E-state index in [4.69, 9.17) is 88.6 Å². The first kappa shape index (κ1) is 60.8. The van der Waals surface area contributed by atoms with Gasteiger partial charge in [0.25, 0.3) is 0 Å². The van der Waals surface area contributed by atoms with Gasteiger partial charge in [0, 0.05) is 5.41 Å². The third kappa shape index (κ3) is 12.3. The third-order valence-corrected chi connectivity index (χ3v) is 15.7. The van der Waals surface area contributed by atoms with E-state index in [-0.39, 0.29) is 48.3 Å². The number of rotatable bonds is 24. The molecule has 0 N–H and O–H groups in total. The van der Waals surface area contributed by atoms with E-state index in [0.29, 0.717) is 13.2 Å². The lowest BCUT2D eigenvalue weighted by molar-refractivity contribution is -0.159. The summed E-state index contributed by atoms with van der Waals surface area (Å²) in [7, 11) is 0. The highest BCUT2D eigenvalue weighted by molar-refractivity contribution is 6.66. The molecule has 1 aromatic heterocycles. The summed E-state index contributed by atoms with van der Waals surface area (Å²) >= 11 is 38.3. The fourth-order valence-corrected chi connectivity index (χ4v) is 10.8. The Kier molecular flexibility index (Phi) is 22.8. The number of aromatic nitrogens is 3. The molecule has 18 heteroatoms. The van der Waals surface area contributed by atoms with Crippen molar-refractivity contribution in [3.05, 3.63) is 214 Å². The maximum atomic E-state index is 12.6. The highest BCUT2D eigenvalue weighted by atomic mass is 35.5. The predicted molar refractivity (Wildman–Crippen MR) is 294 cm³/mol. The van der Waals surface area contributed by atoms with Crippen LogP contribution >= 0.6 is 69.6 Å². The van der Waals surface area contributed by atoms with Crippen LogP contribution < -0.4 is 26.5 Å². The van der Waals surface area contributed by atoms with Crippen molar-refractivity contribution >= 4 is 81.5 Å². The first-order valence-corrected chi connectivity index (χ1v) is 24.5. The first-order chi connectivity index (χ1) is 34.1. The second-order valence-corrected chi connectivity index (χ2v) is 19.7. The topological polar surface area (TPSA) is 137 Å². The van der Waals surface area contributed by atoms with Gasteiger partial charge in [-0.2, -0.15) is 0 Å². The zero-order valence-electron chi connectivity index (χ0n) is 40.3. The van der Waals surface area contributed by atoms with E-state index >= 15 is 0 Å². The number of fused-ring (bicyclic) bond motifs is 2. The van der Waals surface area contributed by atoms with Gasteiger partial charge in [-0.15, -0.1) is 56.1 Å². The van der Waals surface area contributed by atoms with Gasteiger partial charge in [-0.05, 0) is 47.2 Å². The van der Waals surface area contributed by atoms with Crippen LogP contribution in [0.3, 0.4) is 0 Å². The molecule has 4 atom stereocenters. The Morgan fingerprint density at radius 3 is 1.14 bits per heavy atom. The number of alkyl halides is 4. The molecule has 1 heterocycles. The summed E-state index contributed by atoms with van der Waals surface area (Å²) in [6, 6.07) is 12.8. The molecule has 2 aliphatic rings. The molecule has 2 bridgehead atoms. The highest BCUT2D eigenvalue weighted by Crippen LogP contribution is 2.76. The van der Waals surface area contributed by atoms with E-state index in [1.165, 1.54) is 41.5 Å². The molecule has 72 heavy (non-hydrogen) atoms. The second kappa shape index (κ2) is 27.0. The molecule has 0 aliphatic heterocycles. The van der Waals surface area contributed by atoms with Crippen LogP contribution in [0.1, 0.15) is 36.1 Å². The molecule has 12 nitrogen and oxygen atoms in total. The standard InChI is InChI=1S/C27H32O2.C15H12Cl6O4.C12H15N3O3/c1-7-11-21-19-23(13-15-25(21)28-17-9-3)27(5,6)24-14-16-26(29-18-10-4)22(20-24)12-8-2;1-3-5-24-11(22)7-8(12(23)25-6-4-2)14(19)10(17)9(16)13(7,18)15(14,20)21;1-4-7-13-10(16)14(8-5-2)12(18)15(9-6-3)11(13)17/h7-10,13-16,19-20H,1-4,11-12,17-18H2,5-6H3;3-4,7-8H,1-2,5-6H2;4-6H,1-3,7-9H2. The third-order valence-electron chi connectivity index (χ3n) is 11.5. The molecule has 0 radical (unpaired) electrons. The molecule has 5 rings (SSSR count). The van der Waals surface area contributed by atoms with Crippen LogP contribution in [0.4, 0.5) is 0 Å². The largest absolute Gasteiger partial charge is 0.489 e. The number of hydrogen-bond donors (Lipinski definition) is 0. The van der Waals surface area contributed by atoms with Gasteiger partial charge in [-0.3, -0.25) is 9.59 Å². The van der Waals surface area contributed by atoms with Crippen molar-refractivity contribution < 1.29 is 28.5 Å². The normalized spacial score (nSPS) is 19.2. The van der Waals surface area contributed by atoms with E-state index in [1.54, 1.807) is 12.2 Å². The van der Waals surface area contributed by atoms with Crippen molar-refractivity contribution in [2.75, 3.05) is 26.4 Å². The summed E-state index contributed by atoms with van der Waals surface area (Å²) in [4.78, 5) is 57.1. The Hall–Kier alpha value is -5.47. The fourth-order valence-electron chi connectivity index (χ4n) is 7.89. The molecular formula is C54H59Cl6N3O9. The molecule has 2 aromatic carbocycles. The minimum Gasteiger partial charge on any atom is -0.489 e. The van der Waals surface area contributed by atoms with Crippen LogP contribution in [0.5, 0.6) is 11.5 Å². The lowest BCUT2D eigenvalue weighted by atomic mass is 9.77. The second-order valence-electron chi connectivity index (χ2n) is 16.4. The Balaban J connectivity index is 0.000000293. The van der Waals surface area contributed by atoms with Crippen LogP contribution in [0.15, 0.2) is 175 Å². The number of benzene rings is 2. The van der Waals surface area contributed by atoms with Gasteiger partial charge in [0.15, 0.2) is 4.33 Å². The van der Waals surface area contributed by atoms with Crippen molar-refractivity contribution in [2.24, 2.45) is 11.8 Å². The van der Waals surface area contributed by atoms with Gasteiger partial charge in [0.1, 0.15) is 47.7 Å². The Bertz CT molecular complexity index is 2560. The highest BCUT2D eigenvalue weighted by Gasteiger charge is 2.86. The number of carbonyl (C=O) groups excluding carboxylic acids is 2. The van der Waals surface area contributed by atoms with Gasteiger partial charge in [-0.1, -0.05) is 166 Å². The van der Waals surface area contributed by atoms with Crippen LogP contribution in [0.2, 0.25) is 0 Å². The smallest absolute Gasteiger partial charge is 0.336 e. The minimum atomic E-state index is -2.08. The van der Waals surface area contributed by atoms with E-state index in [0.717, 1.165) is 49.2 Å². The van der Waals surface area contributed by atoms with Crippen molar-refractivity contribution in [1.82, 2.24) is 13.7 Å². The van der Waals surface area contributed by atoms with Crippen LogP contribution in [0.25, 0.3) is 0 Å². The van der Waals surface area contributed by atoms with Crippen molar-refractivity contribution in [3.63, 3.8) is 0 Å². The maximum Gasteiger partial charge on any atom is 0.336 e. The fraction of sp³-hybridized carbons (Fsp3) is 0.315. The van der Waals surface area contributed by atoms with E-state index < -0.39 is 54.9 Å². The monoisotopic (exact) mass is 1100 g/mol. The van der Waals surface area contributed by atoms with Gasteiger partial charge in [0.05, 0.1) is 41.5 Å². The number of ether oxygens (including phenoxy) is 4. The molecular weight excluding hydrogens is 1050 g/mol. The zero-order valence-corrected chi connectivity index (χ0v) is 44.9. The van der Waals surface area contributed by atoms with Crippen molar-refractivity contribution in [3.8, 4) is 11.5 Å². The number of hydrogen-bond acceptors (Lipinski definition) is 9. The van der Waals surface area contributed by atoms with Crippen LogP contribution in [-0.4, -0.2) is 66.1 Å². The lowest BCUT2D eigenvalue weighted by Crippen LogP contribution is -2.54. The molecule has 2 aliphatic carbocycles. The molecule has 1 fully saturated rings. The molecule has 1 saturated carbocycles. The van der Waals surface area contributed by atoms with Crippen LogP contribution in [0, 0.1) is 11.8 Å². The molecule has 386 valence electrons. The van der Waals surface area contributed by atoms with E-state index in [9.17, 15) is 24.0 Å². The van der Waals surface area contributed by atoms with E-state index in [2.05, 4.69) is 97.3 Å². The summed E-state index contributed by atoms with van der Waals surface area (Å²) in [5.41, 5.74) is 2.55. The first-order valence-electron chi connectivity index (χ1n) is 22.2. The molecule has 0 amide bonds. The van der Waals surface area contributed by atoms with Crippen molar-refractivity contribution in [1.29, 1.82) is 0 Å². The summed E-state index contributed by atoms with van der Waals surface area (Å²) in [6.45, 7) is 37.9. The number of allylic oxidation sites excluding steroid dienone is 7. The number of nitrogens with zero attached hydrogens (tertiary/aromatic N) is 3. The Morgan fingerprint density at radius 2 is 0.861 bits per heavy atom. The average molecular weight is 1110 g/mol. The number of carbonyl (C=O) groups is 2. The zero-order chi connectivity index (χ0) is 54.2. The quantitative estimate of drug-likeness (QED) is 0.0488. The summed E-state index contributed by atoms with van der Waals surface area (Å²) < 4.78 is 22.5. The molecule has 3 aromatic rings. The van der Waals surface area contributed by atoms with Gasteiger partial charge in [-0.25, -0.2) is 28.1 Å². The molecule has 0 saturated heterocycles. The summed E-state index contributed by atoms with van der Waals surface area (Å²) in [5.74, 6) is -2.85. The van der Waals surface area contributed by atoms with Crippen LogP contribution in [-0.2, 0) is 57.0 Å². The Morgan fingerprint density at radius 1 is 0.542 bits per heavy atom.